The van der Waals surface area contributed by atoms with Crippen LogP contribution in [0.2, 0.25) is 0 Å². The largest absolute Gasteiger partial charge is 0.480 e. The average Bonchev–Trinajstić information content (AvgIpc) is 2.89. The molecule has 1 fully saturated rings. The number of amides is 2. The highest BCUT2D eigenvalue weighted by molar-refractivity contribution is 9.11. The second-order valence-electron chi connectivity index (χ2n) is 5.75. The van der Waals surface area contributed by atoms with Crippen LogP contribution in [0.1, 0.15) is 11.1 Å². The number of imide groups is 1. The summed E-state index contributed by atoms with van der Waals surface area (Å²) in [6.07, 6.45) is 1.62. The Morgan fingerprint density at radius 3 is 2.39 bits per heavy atom. The maximum Gasteiger partial charge on any atom is 0.341 e. The summed E-state index contributed by atoms with van der Waals surface area (Å²) in [6, 6.07) is 12.7. The number of carboxylic acids is 1. The van der Waals surface area contributed by atoms with Gasteiger partial charge in [-0.15, -0.1) is 0 Å². The van der Waals surface area contributed by atoms with Crippen molar-refractivity contribution in [3.8, 4) is 5.75 Å². The summed E-state index contributed by atoms with van der Waals surface area (Å²) in [5, 5.41) is 8.42. The number of carboxylic acid groups (broad SMARTS) is 1. The monoisotopic (exact) mass is 525 g/mol. The first-order valence-corrected chi connectivity index (χ1v) is 10.4. The van der Waals surface area contributed by atoms with Gasteiger partial charge in [0.25, 0.3) is 11.1 Å². The zero-order chi connectivity index (χ0) is 20.3. The Kier molecular flexibility index (Phi) is 6.58. The molecule has 2 amide bonds. The minimum absolute atomic E-state index is 0.220. The van der Waals surface area contributed by atoms with Crippen LogP contribution < -0.4 is 4.74 Å². The van der Waals surface area contributed by atoms with Crippen molar-refractivity contribution in [1.29, 1.82) is 0 Å². The summed E-state index contributed by atoms with van der Waals surface area (Å²) in [4.78, 5) is 37.1. The first-order valence-electron chi connectivity index (χ1n) is 7.98. The maximum atomic E-state index is 12.6. The fourth-order valence-electron chi connectivity index (χ4n) is 2.49. The van der Waals surface area contributed by atoms with E-state index in [2.05, 4.69) is 31.9 Å². The van der Waals surface area contributed by atoms with Gasteiger partial charge in [-0.1, -0.05) is 30.3 Å². The molecule has 1 heterocycles. The number of benzene rings is 2. The Bertz CT molecular complexity index is 955. The number of halogens is 2. The van der Waals surface area contributed by atoms with Gasteiger partial charge in [-0.3, -0.25) is 14.5 Å². The van der Waals surface area contributed by atoms with E-state index in [-0.39, 0.29) is 17.7 Å². The van der Waals surface area contributed by atoms with E-state index in [0.29, 0.717) is 25.2 Å². The van der Waals surface area contributed by atoms with E-state index in [1.807, 2.05) is 30.3 Å². The molecule has 144 valence electrons. The van der Waals surface area contributed by atoms with E-state index < -0.39 is 12.6 Å². The van der Waals surface area contributed by atoms with Crippen molar-refractivity contribution in [1.82, 2.24) is 4.90 Å². The fourth-order valence-corrected chi connectivity index (χ4v) is 4.78. The molecule has 0 aliphatic carbocycles. The summed E-state index contributed by atoms with van der Waals surface area (Å²) < 4.78 is 6.28. The molecule has 1 N–H and O–H groups in total. The quantitative estimate of drug-likeness (QED) is 0.538. The first kappa shape index (κ1) is 20.6. The van der Waals surface area contributed by atoms with Crippen molar-refractivity contribution in [3.05, 3.63) is 67.4 Å². The minimum Gasteiger partial charge on any atom is -0.480 e. The third-order valence-electron chi connectivity index (χ3n) is 3.72. The molecule has 3 rings (SSSR count). The van der Waals surface area contributed by atoms with Crippen LogP contribution in [0.3, 0.4) is 0 Å². The van der Waals surface area contributed by atoms with E-state index in [9.17, 15) is 14.4 Å². The third kappa shape index (κ3) is 4.84. The smallest absolute Gasteiger partial charge is 0.341 e. The molecule has 0 aromatic heterocycles. The second-order valence-corrected chi connectivity index (χ2v) is 8.45. The molecule has 1 aliphatic heterocycles. The Hall–Kier alpha value is -2.10. The van der Waals surface area contributed by atoms with Crippen LogP contribution in [0.15, 0.2) is 56.3 Å². The van der Waals surface area contributed by atoms with Crippen LogP contribution in [-0.4, -0.2) is 33.7 Å². The zero-order valence-electron chi connectivity index (χ0n) is 14.2. The molecule has 0 radical (unpaired) electrons. The highest BCUT2D eigenvalue weighted by atomic mass is 79.9. The molecule has 0 spiro atoms. The number of nitrogens with zero attached hydrogens (tertiary/aromatic N) is 1. The van der Waals surface area contributed by atoms with Gasteiger partial charge in [0.1, 0.15) is 5.75 Å². The van der Waals surface area contributed by atoms with E-state index in [1.165, 1.54) is 4.90 Å². The molecule has 1 saturated heterocycles. The van der Waals surface area contributed by atoms with Gasteiger partial charge in [0.2, 0.25) is 0 Å². The van der Waals surface area contributed by atoms with Crippen molar-refractivity contribution >= 4 is 66.8 Å². The van der Waals surface area contributed by atoms with Crippen LogP contribution in [0.5, 0.6) is 5.75 Å². The number of aliphatic carboxylic acids is 1. The molecule has 6 nitrogen and oxygen atoms in total. The van der Waals surface area contributed by atoms with Gasteiger partial charge in [-0.05, 0) is 73.0 Å². The SMILES string of the molecule is O=C(O)COc1c(Br)cc(/C=C2\SC(=O)N(Cc3ccccc3)C2=O)cc1Br. The standard InChI is InChI=1S/C19H13Br2NO5S/c20-13-6-12(7-14(21)17(13)27-10-16(23)24)8-15-18(25)22(19(26)28-15)9-11-4-2-1-3-5-11/h1-8H,9-10H2,(H,23,24)/b15-8-. The lowest BCUT2D eigenvalue weighted by molar-refractivity contribution is -0.139. The minimum atomic E-state index is -1.09. The molecule has 0 saturated carbocycles. The molecule has 28 heavy (non-hydrogen) atoms. The number of carbonyl (C=O) groups is 3. The Morgan fingerprint density at radius 1 is 1.14 bits per heavy atom. The fraction of sp³-hybridized carbons (Fsp3) is 0.105. The van der Waals surface area contributed by atoms with E-state index in [0.717, 1.165) is 17.3 Å². The van der Waals surface area contributed by atoms with Crippen LogP contribution >= 0.6 is 43.6 Å². The summed E-state index contributed by atoms with van der Waals surface area (Å²) in [6.45, 7) is -0.257. The van der Waals surface area contributed by atoms with Gasteiger partial charge in [-0.25, -0.2) is 4.79 Å². The molecule has 1 aliphatic rings. The summed E-state index contributed by atoms with van der Waals surface area (Å²) >= 11 is 7.55. The van der Waals surface area contributed by atoms with Crippen LogP contribution in [0, 0.1) is 0 Å². The average molecular weight is 527 g/mol. The van der Waals surface area contributed by atoms with E-state index >= 15 is 0 Å². The number of hydrogen-bond donors (Lipinski definition) is 1. The van der Waals surface area contributed by atoms with E-state index in [4.69, 9.17) is 9.84 Å². The second kappa shape index (κ2) is 8.93. The van der Waals surface area contributed by atoms with E-state index in [1.54, 1.807) is 18.2 Å². The first-order chi connectivity index (χ1) is 13.3. The highest BCUT2D eigenvalue weighted by Crippen LogP contribution is 2.38. The number of ether oxygens (including phenoxy) is 1. The van der Waals surface area contributed by atoms with Crippen molar-refractivity contribution in [2.75, 3.05) is 6.61 Å². The highest BCUT2D eigenvalue weighted by Gasteiger charge is 2.35. The predicted molar refractivity (Wildman–Crippen MR) is 113 cm³/mol. The molecule has 2 aromatic carbocycles. The van der Waals surface area contributed by atoms with Crippen LogP contribution in [-0.2, 0) is 16.1 Å². The summed E-state index contributed by atoms with van der Waals surface area (Å²) in [5.41, 5.74) is 1.53. The Labute approximate surface area is 181 Å². The van der Waals surface area contributed by atoms with Gasteiger partial charge in [0.05, 0.1) is 20.4 Å². The van der Waals surface area contributed by atoms with Crippen molar-refractivity contribution in [2.24, 2.45) is 0 Å². The lowest BCUT2D eigenvalue weighted by Crippen LogP contribution is -2.27. The van der Waals surface area contributed by atoms with Gasteiger partial charge in [0, 0.05) is 0 Å². The third-order valence-corrected chi connectivity index (χ3v) is 5.80. The Morgan fingerprint density at radius 2 is 1.79 bits per heavy atom. The topological polar surface area (TPSA) is 83.9 Å². The lowest BCUT2D eigenvalue weighted by Gasteiger charge is -2.12. The normalized spacial score (nSPS) is 15.4. The Balaban J connectivity index is 1.81. The summed E-state index contributed by atoms with van der Waals surface area (Å²) in [7, 11) is 0. The zero-order valence-corrected chi connectivity index (χ0v) is 18.2. The lowest BCUT2D eigenvalue weighted by atomic mass is 10.2. The molecular formula is C19H13Br2NO5S. The number of thioether (sulfide) groups is 1. The van der Waals surface area contributed by atoms with Crippen LogP contribution in [0.4, 0.5) is 4.79 Å². The summed E-state index contributed by atoms with van der Waals surface area (Å²) in [5.74, 6) is -1.09. The molecule has 0 atom stereocenters. The number of carbonyl (C=O) groups excluding carboxylic acids is 2. The molecule has 0 bridgehead atoms. The van der Waals surface area contributed by atoms with Crippen LogP contribution in [0.25, 0.3) is 6.08 Å². The molecule has 0 unspecified atom stereocenters. The molecule has 9 heteroatoms. The van der Waals surface area contributed by atoms with Crippen molar-refractivity contribution < 1.29 is 24.2 Å². The van der Waals surface area contributed by atoms with Gasteiger partial charge in [-0.2, -0.15) is 0 Å². The van der Waals surface area contributed by atoms with Crippen molar-refractivity contribution in [2.45, 2.75) is 6.54 Å². The van der Waals surface area contributed by atoms with Gasteiger partial charge in [0.15, 0.2) is 6.61 Å². The predicted octanol–water partition coefficient (Wildman–Crippen LogP) is 4.91. The van der Waals surface area contributed by atoms with Crippen molar-refractivity contribution in [3.63, 3.8) is 0 Å². The number of hydrogen-bond acceptors (Lipinski definition) is 5. The number of rotatable bonds is 6. The van der Waals surface area contributed by atoms with Gasteiger partial charge >= 0.3 is 5.97 Å². The maximum absolute atomic E-state index is 12.6. The van der Waals surface area contributed by atoms with Gasteiger partial charge < -0.3 is 9.84 Å². The molecule has 2 aromatic rings. The molecular weight excluding hydrogens is 514 g/mol.